The molecule has 0 bridgehead atoms. The number of hydrogen-bond acceptors (Lipinski definition) is 3. The van der Waals surface area contributed by atoms with Crippen LogP contribution < -0.4 is 5.32 Å². The molecule has 5 heteroatoms. The maximum Gasteiger partial charge on any atom is 0.225 e. The van der Waals surface area contributed by atoms with Gasteiger partial charge in [-0.3, -0.25) is 9.59 Å². The third kappa shape index (κ3) is 3.92. The number of carbonyl (C=O) groups excluding carboxylic acids is 2. The van der Waals surface area contributed by atoms with E-state index in [4.69, 9.17) is 4.42 Å². The highest BCUT2D eigenvalue weighted by Crippen LogP contribution is 2.26. The van der Waals surface area contributed by atoms with Crippen LogP contribution in [0.1, 0.15) is 54.7 Å². The molecule has 1 aliphatic carbocycles. The van der Waals surface area contributed by atoms with Crippen LogP contribution in [0.3, 0.4) is 0 Å². The first kappa shape index (κ1) is 17.8. The van der Waals surface area contributed by atoms with Crippen molar-refractivity contribution in [1.29, 1.82) is 0 Å². The van der Waals surface area contributed by atoms with Crippen molar-refractivity contribution in [2.24, 2.45) is 5.92 Å². The Labute approximate surface area is 159 Å². The van der Waals surface area contributed by atoms with Gasteiger partial charge < -0.3 is 14.6 Å². The highest BCUT2D eigenvalue weighted by molar-refractivity contribution is 5.89. The maximum atomic E-state index is 12.7. The van der Waals surface area contributed by atoms with Crippen molar-refractivity contribution in [3.05, 3.63) is 59.0 Å². The Bertz CT molecular complexity index is 828. The second kappa shape index (κ2) is 7.59. The summed E-state index contributed by atoms with van der Waals surface area (Å²) >= 11 is 0. The fourth-order valence-electron chi connectivity index (χ4n) is 4.13. The van der Waals surface area contributed by atoms with E-state index in [9.17, 15) is 9.59 Å². The van der Waals surface area contributed by atoms with Gasteiger partial charge in [0.15, 0.2) is 0 Å². The first-order valence-electron chi connectivity index (χ1n) is 9.82. The van der Waals surface area contributed by atoms with Crippen LogP contribution in [0.4, 0.5) is 0 Å². The van der Waals surface area contributed by atoms with Gasteiger partial charge in [0.05, 0.1) is 24.8 Å². The molecule has 142 valence electrons. The van der Waals surface area contributed by atoms with E-state index < -0.39 is 0 Å². The molecule has 2 atom stereocenters. The molecule has 2 aromatic rings. The number of likely N-dealkylation sites (tertiary alicyclic amines) is 1. The number of benzene rings is 1. The van der Waals surface area contributed by atoms with E-state index in [0.717, 1.165) is 24.2 Å². The molecule has 2 aliphatic rings. The maximum absolute atomic E-state index is 12.7. The lowest BCUT2D eigenvalue weighted by molar-refractivity contribution is -0.129. The molecule has 1 aliphatic heterocycles. The van der Waals surface area contributed by atoms with Crippen LogP contribution in [0.15, 0.2) is 41.0 Å². The lowest BCUT2D eigenvalue weighted by Crippen LogP contribution is -2.34. The molecule has 1 N–H and O–H groups in total. The minimum atomic E-state index is -0.299. The molecule has 4 rings (SSSR count). The summed E-state index contributed by atoms with van der Waals surface area (Å²) in [4.78, 5) is 26.6. The molecule has 0 unspecified atom stereocenters. The van der Waals surface area contributed by atoms with Crippen molar-refractivity contribution in [2.45, 2.75) is 51.6 Å². The van der Waals surface area contributed by atoms with Gasteiger partial charge in [0.25, 0.3) is 0 Å². The minimum Gasteiger partial charge on any atom is -0.467 e. The zero-order chi connectivity index (χ0) is 18.8. The Morgan fingerprint density at radius 3 is 2.85 bits per heavy atom. The summed E-state index contributed by atoms with van der Waals surface area (Å²) in [7, 11) is 0. The highest BCUT2D eigenvalue weighted by Gasteiger charge is 2.35. The van der Waals surface area contributed by atoms with Gasteiger partial charge in [-0.25, -0.2) is 0 Å². The Kier molecular flexibility index (Phi) is 5.01. The SMILES string of the molecule is C[C@@H](NC(=O)[C@H]1CC(=O)N(Cc2ccco2)C1)c1ccc2c(c1)CCCC2. The number of nitrogens with one attached hydrogen (secondary N) is 1. The van der Waals surface area contributed by atoms with Crippen LogP contribution in [-0.2, 0) is 29.0 Å². The van der Waals surface area contributed by atoms with Crippen LogP contribution in [0.5, 0.6) is 0 Å². The highest BCUT2D eigenvalue weighted by atomic mass is 16.3. The zero-order valence-corrected chi connectivity index (χ0v) is 15.7. The topological polar surface area (TPSA) is 62.6 Å². The molecule has 2 heterocycles. The van der Waals surface area contributed by atoms with Gasteiger partial charge in [0.1, 0.15) is 5.76 Å². The minimum absolute atomic E-state index is 0.00739. The second-order valence-corrected chi connectivity index (χ2v) is 7.72. The summed E-state index contributed by atoms with van der Waals surface area (Å²) in [6, 6.07) is 10.2. The van der Waals surface area contributed by atoms with Gasteiger partial charge in [-0.2, -0.15) is 0 Å². The van der Waals surface area contributed by atoms with Gasteiger partial charge in [0, 0.05) is 13.0 Å². The fourth-order valence-corrected chi connectivity index (χ4v) is 4.13. The van der Waals surface area contributed by atoms with E-state index in [1.165, 1.54) is 24.0 Å². The standard InChI is InChI=1S/C22H26N2O3/c1-15(17-9-8-16-5-2-3-6-18(16)11-17)23-22(26)19-12-21(25)24(13-19)14-20-7-4-10-27-20/h4,7-11,15,19H,2-3,5-6,12-14H2,1H3,(H,23,26)/t15-,19+/m1/s1. The van der Waals surface area contributed by atoms with Crippen molar-refractivity contribution in [3.8, 4) is 0 Å². The molecule has 0 spiro atoms. The largest absolute Gasteiger partial charge is 0.467 e. The van der Waals surface area contributed by atoms with E-state index in [0.29, 0.717) is 13.1 Å². The Morgan fingerprint density at radius 1 is 1.26 bits per heavy atom. The van der Waals surface area contributed by atoms with Crippen LogP contribution >= 0.6 is 0 Å². The number of nitrogens with zero attached hydrogens (tertiary/aromatic N) is 1. The van der Waals surface area contributed by atoms with Crippen molar-refractivity contribution < 1.29 is 14.0 Å². The van der Waals surface area contributed by atoms with Gasteiger partial charge in [-0.15, -0.1) is 0 Å². The molecule has 5 nitrogen and oxygen atoms in total. The summed E-state index contributed by atoms with van der Waals surface area (Å²) in [6.45, 7) is 2.89. The first-order valence-corrected chi connectivity index (χ1v) is 9.82. The molecule has 1 fully saturated rings. The number of carbonyl (C=O) groups is 2. The molecular formula is C22H26N2O3. The van der Waals surface area contributed by atoms with Crippen molar-refractivity contribution in [2.75, 3.05) is 6.54 Å². The third-order valence-electron chi connectivity index (χ3n) is 5.74. The summed E-state index contributed by atoms with van der Waals surface area (Å²) in [5.41, 5.74) is 4.00. The lowest BCUT2D eigenvalue weighted by atomic mass is 9.89. The van der Waals surface area contributed by atoms with E-state index in [2.05, 4.69) is 23.5 Å². The molecule has 1 saturated heterocycles. The number of aryl methyl sites for hydroxylation is 2. The van der Waals surface area contributed by atoms with E-state index in [1.807, 2.05) is 13.0 Å². The number of amides is 2. The Hall–Kier alpha value is -2.56. The Morgan fingerprint density at radius 2 is 2.07 bits per heavy atom. The fraction of sp³-hybridized carbons (Fsp3) is 0.455. The third-order valence-corrected chi connectivity index (χ3v) is 5.74. The van der Waals surface area contributed by atoms with Crippen LogP contribution in [-0.4, -0.2) is 23.3 Å². The molecule has 1 aromatic carbocycles. The summed E-state index contributed by atoms with van der Waals surface area (Å²) < 4.78 is 5.31. The number of furan rings is 1. The van der Waals surface area contributed by atoms with E-state index >= 15 is 0 Å². The molecule has 0 saturated carbocycles. The van der Waals surface area contributed by atoms with Crippen LogP contribution in [0.25, 0.3) is 0 Å². The first-order chi connectivity index (χ1) is 13.1. The predicted octanol–water partition coefficient (Wildman–Crippen LogP) is 3.38. The zero-order valence-electron chi connectivity index (χ0n) is 15.7. The quantitative estimate of drug-likeness (QED) is 0.882. The molecular weight excluding hydrogens is 340 g/mol. The Balaban J connectivity index is 1.36. The average Bonchev–Trinajstić information content (AvgIpc) is 3.32. The lowest BCUT2D eigenvalue weighted by Gasteiger charge is -2.21. The molecule has 27 heavy (non-hydrogen) atoms. The van der Waals surface area contributed by atoms with Crippen molar-refractivity contribution >= 4 is 11.8 Å². The van der Waals surface area contributed by atoms with Crippen molar-refractivity contribution in [3.63, 3.8) is 0 Å². The number of fused-ring (bicyclic) bond motifs is 1. The smallest absolute Gasteiger partial charge is 0.225 e. The summed E-state index contributed by atoms with van der Waals surface area (Å²) in [5, 5.41) is 3.10. The normalized spacial score (nSPS) is 20.4. The predicted molar refractivity (Wildman–Crippen MR) is 102 cm³/mol. The van der Waals surface area contributed by atoms with Gasteiger partial charge in [-0.1, -0.05) is 18.2 Å². The average molecular weight is 366 g/mol. The second-order valence-electron chi connectivity index (χ2n) is 7.72. The van der Waals surface area contributed by atoms with Crippen LogP contribution in [0.2, 0.25) is 0 Å². The van der Waals surface area contributed by atoms with Crippen LogP contribution in [0, 0.1) is 5.92 Å². The molecule has 1 aromatic heterocycles. The van der Waals surface area contributed by atoms with Gasteiger partial charge in [-0.05, 0) is 61.4 Å². The van der Waals surface area contributed by atoms with Gasteiger partial charge >= 0.3 is 0 Å². The number of hydrogen-bond donors (Lipinski definition) is 1. The number of rotatable bonds is 5. The van der Waals surface area contributed by atoms with E-state index in [1.54, 1.807) is 17.2 Å². The summed E-state index contributed by atoms with van der Waals surface area (Å²) in [5.74, 6) is 0.405. The van der Waals surface area contributed by atoms with Crippen molar-refractivity contribution in [1.82, 2.24) is 10.2 Å². The van der Waals surface area contributed by atoms with Gasteiger partial charge in [0.2, 0.25) is 11.8 Å². The molecule has 2 amide bonds. The summed E-state index contributed by atoms with van der Waals surface area (Å²) in [6.07, 6.45) is 6.66. The molecule has 0 radical (unpaired) electrons. The van der Waals surface area contributed by atoms with E-state index in [-0.39, 0.29) is 30.2 Å². The monoisotopic (exact) mass is 366 g/mol.